The van der Waals surface area contributed by atoms with E-state index in [0.29, 0.717) is 12.0 Å². The van der Waals surface area contributed by atoms with Gasteiger partial charge >= 0.3 is 0 Å². The molecular weight excluding hydrogens is 274 g/mol. The maximum Gasteiger partial charge on any atom is 0.0322 e. The first-order valence-electron chi connectivity index (χ1n) is 6.45. The molecule has 0 fully saturated rings. The third-order valence-corrected chi connectivity index (χ3v) is 4.27. The van der Waals surface area contributed by atoms with Crippen LogP contribution in [0.4, 0.5) is 0 Å². The lowest BCUT2D eigenvalue weighted by Gasteiger charge is -2.22. The van der Waals surface area contributed by atoms with Crippen molar-refractivity contribution in [2.45, 2.75) is 47.1 Å². The van der Waals surface area contributed by atoms with Gasteiger partial charge in [-0.1, -0.05) is 48.8 Å². The number of aryl methyl sites for hydroxylation is 2. The Balaban J connectivity index is 3.01. The van der Waals surface area contributed by atoms with Gasteiger partial charge in [0.1, 0.15) is 0 Å². The summed E-state index contributed by atoms with van der Waals surface area (Å²) in [6.45, 7) is 12.1. The number of rotatable bonds is 5. The highest BCUT2D eigenvalue weighted by molar-refractivity contribution is 9.10. The fraction of sp³-hybridized carbons (Fsp3) is 0.600. The number of benzene rings is 1. The van der Waals surface area contributed by atoms with Gasteiger partial charge in [0.25, 0.3) is 0 Å². The van der Waals surface area contributed by atoms with Crippen molar-refractivity contribution < 1.29 is 0 Å². The van der Waals surface area contributed by atoms with Crippen molar-refractivity contribution in [3.8, 4) is 0 Å². The first kappa shape index (κ1) is 14.7. The molecule has 1 unspecified atom stereocenters. The van der Waals surface area contributed by atoms with Gasteiger partial charge in [-0.2, -0.15) is 0 Å². The van der Waals surface area contributed by atoms with Crippen molar-refractivity contribution >= 4 is 15.9 Å². The average Bonchev–Trinajstić information content (AvgIpc) is 2.24. The summed E-state index contributed by atoms with van der Waals surface area (Å²) in [7, 11) is 0. The molecule has 2 heteroatoms. The molecule has 0 bridgehead atoms. The molecule has 1 atom stereocenters. The second kappa shape index (κ2) is 6.55. The van der Waals surface area contributed by atoms with Crippen molar-refractivity contribution in [3.05, 3.63) is 33.3 Å². The zero-order chi connectivity index (χ0) is 13.0. The molecule has 17 heavy (non-hydrogen) atoms. The second-order valence-electron chi connectivity index (χ2n) is 5.21. The Labute approximate surface area is 114 Å². The zero-order valence-electron chi connectivity index (χ0n) is 11.6. The van der Waals surface area contributed by atoms with Gasteiger partial charge in [0, 0.05) is 10.5 Å². The highest BCUT2D eigenvalue weighted by atomic mass is 79.9. The van der Waals surface area contributed by atoms with Crippen LogP contribution in [-0.4, -0.2) is 6.54 Å². The van der Waals surface area contributed by atoms with Gasteiger partial charge < -0.3 is 5.32 Å². The molecule has 1 aromatic carbocycles. The lowest BCUT2D eigenvalue weighted by Crippen LogP contribution is -2.22. The fourth-order valence-corrected chi connectivity index (χ4v) is 2.46. The van der Waals surface area contributed by atoms with Crippen molar-refractivity contribution in [1.29, 1.82) is 0 Å². The molecule has 0 radical (unpaired) electrons. The molecule has 0 amide bonds. The quantitative estimate of drug-likeness (QED) is 0.826. The van der Waals surface area contributed by atoms with Crippen LogP contribution in [0.5, 0.6) is 0 Å². The van der Waals surface area contributed by atoms with E-state index in [1.54, 1.807) is 0 Å². The van der Waals surface area contributed by atoms with E-state index in [-0.39, 0.29) is 0 Å². The molecule has 1 nitrogen and oxygen atoms in total. The molecule has 1 aromatic rings. The van der Waals surface area contributed by atoms with Crippen LogP contribution >= 0.6 is 15.9 Å². The Morgan fingerprint density at radius 3 is 2.12 bits per heavy atom. The lowest BCUT2D eigenvalue weighted by atomic mass is 9.94. The van der Waals surface area contributed by atoms with Gasteiger partial charge in [0.15, 0.2) is 0 Å². The van der Waals surface area contributed by atoms with Gasteiger partial charge in [-0.05, 0) is 49.4 Å². The number of hydrogen-bond donors (Lipinski definition) is 1. The van der Waals surface area contributed by atoms with Gasteiger partial charge in [-0.15, -0.1) is 0 Å². The van der Waals surface area contributed by atoms with Gasteiger partial charge in [0.05, 0.1) is 0 Å². The van der Waals surface area contributed by atoms with E-state index in [4.69, 9.17) is 0 Å². The van der Waals surface area contributed by atoms with Crippen LogP contribution < -0.4 is 5.32 Å². The molecule has 0 saturated heterocycles. The average molecular weight is 298 g/mol. The Morgan fingerprint density at radius 1 is 1.18 bits per heavy atom. The topological polar surface area (TPSA) is 12.0 Å². The molecule has 0 saturated carbocycles. The van der Waals surface area contributed by atoms with Crippen molar-refractivity contribution in [2.75, 3.05) is 6.54 Å². The van der Waals surface area contributed by atoms with Gasteiger partial charge in [-0.3, -0.25) is 0 Å². The fourth-order valence-electron chi connectivity index (χ4n) is 2.24. The number of halogens is 1. The van der Waals surface area contributed by atoms with E-state index < -0.39 is 0 Å². The van der Waals surface area contributed by atoms with Crippen LogP contribution in [0, 0.1) is 19.8 Å². The van der Waals surface area contributed by atoms with E-state index in [2.05, 4.69) is 68.0 Å². The second-order valence-corrected chi connectivity index (χ2v) is 6.00. The minimum Gasteiger partial charge on any atom is -0.310 e. The van der Waals surface area contributed by atoms with Crippen LogP contribution in [0.3, 0.4) is 0 Å². The molecule has 0 aliphatic rings. The minimum atomic E-state index is 0.477. The van der Waals surface area contributed by atoms with Crippen LogP contribution in [0.25, 0.3) is 0 Å². The third-order valence-electron chi connectivity index (χ3n) is 3.02. The monoisotopic (exact) mass is 297 g/mol. The zero-order valence-corrected chi connectivity index (χ0v) is 13.2. The van der Waals surface area contributed by atoms with Gasteiger partial charge in [-0.25, -0.2) is 0 Å². The number of nitrogens with one attached hydrogen (secondary N) is 1. The smallest absolute Gasteiger partial charge is 0.0322 e. The molecule has 1 N–H and O–H groups in total. The largest absolute Gasteiger partial charge is 0.310 e. The summed E-state index contributed by atoms with van der Waals surface area (Å²) < 4.78 is 1.24. The normalized spacial score (nSPS) is 13.1. The Bertz CT molecular complexity index is 348. The van der Waals surface area contributed by atoms with E-state index in [0.717, 1.165) is 6.54 Å². The summed E-state index contributed by atoms with van der Waals surface area (Å²) in [4.78, 5) is 0. The SMILES string of the molecule is CCNC(CC(C)C)c1cc(C)c(Br)c(C)c1. The lowest BCUT2D eigenvalue weighted by molar-refractivity contribution is 0.438. The maximum atomic E-state index is 3.63. The molecule has 0 aliphatic heterocycles. The summed E-state index contributed by atoms with van der Waals surface area (Å²) in [5.41, 5.74) is 4.07. The van der Waals surface area contributed by atoms with E-state index in [1.807, 2.05) is 0 Å². The highest BCUT2D eigenvalue weighted by Gasteiger charge is 2.14. The molecule has 0 aromatic heterocycles. The summed E-state index contributed by atoms with van der Waals surface area (Å²) in [5, 5.41) is 3.59. The summed E-state index contributed by atoms with van der Waals surface area (Å²) >= 11 is 3.63. The van der Waals surface area contributed by atoms with E-state index in [9.17, 15) is 0 Å². The van der Waals surface area contributed by atoms with E-state index >= 15 is 0 Å². The molecule has 0 heterocycles. The van der Waals surface area contributed by atoms with Crippen molar-refractivity contribution in [2.24, 2.45) is 5.92 Å². The third kappa shape index (κ3) is 4.11. The molecular formula is C15H24BrN. The Morgan fingerprint density at radius 2 is 1.71 bits per heavy atom. The summed E-state index contributed by atoms with van der Waals surface area (Å²) in [5.74, 6) is 0.711. The molecule has 0 spiro atoms. The predicted molar refractivity (Wildman–Crippen MR) is 79.5 cm³/mol. The van der Waals surface area contributed by atoms with Gasteiger partial charge in [0.2, 0.25) is 0 Å². The van der Waals surface area contributed by atoms with Crippen LogP contribution in [-0.2, 0) is 0 Å². The van der Waals surface area contributed by atoms with Crippen LogP contribution in [0.1, 0.15) is 49.9 Å². The number of hydrogen-bond acceptors (Lipinski definition) is 1. The first-order chi connectivity index (χ1) is 7.95. The molecule has 1 rings (SSSR count). The highest BCUT2D eigenvalue weighted by Crippen LogP contribution is 2.28. The Kier molecular flexibility index (Phi) is 5.68. The molecule has 96 valence electrons. The summed E-state index contributed by atoms with van der Waals surface area (Å²) in [6.07, 6.45) is 1.19. The van der Waals surface area contributed by atoms with Crippen molar-refractivity contribution in [1.82, 2.24) is 5.32 Å². The van der Waals surface area contributed by atoms with Crippen LogP contribution in [0.15, 0.2) is 16.6 Å². The summed E-state index contributed by atoms with van der Waals surface area (Å²) in [6, 6.07) is 5.07. The Hall–Kier alpha value is -0.340. The first-order valence-corrected chi connectivity index (χ1v) is 7.25. The minimum absolute atomic E-state index is 0.477. The molecule has 0 aliphatic carbocycles. The predicted octanol–water partition coefficient (Wildman–Crippen LogP) is 4.76. The van der Waals surface area contributed by atoms with Crippen molar-refractivity contribution in [3.63, 3.8) is 0 Å². The van der Waals surface area contributed by atoms with E-state index in [1.165, 1.54) is 27.6 Å². The van der Waals surface area contributed by atoms with Crippen LogP contribution in [0.2, 0.25) is 0 Å². The maximum absolute atomic E-state index is 3.63. The standard InChI is InChI=1S/C15H24BrN/c1-6-17-14(7-10(2)3)13-8-11(4)15(16)12(5)9-13/h8-10,14,17H,6-7H2,1-5H3.